The quantitative estimate of drug-likeness (QED) is 0.387. The number of nitro groups is 1. The summed E-state index contributed by atoms with van der Waals surface area (Å²) in [7, 11) is 1.53. The molecule has 0 radical (unpaired) electrons. The molecule has 10 heteroatoms. The SMILES string of the molecule is CCOc1cc(/C=C\c2[nH]c(=O)[nH]c(=O)c2[N+](=O)[O-])cc(I)c1OC. The van der Waals surface area contributed by atoms with Crippen LogP contribution in [0.5, 0.6) is 11.5 Å². The lowest BCUT2D eigenvalue weighted by molar-refractivity contribution is -0.386. The van der Waals surface area contributed by atoms with Crippen molar-refractivity contribution in [1.82, 2.24) is 9.97 Å². The van der Waals surface area contributed by atoms with Crippen molar-refractivity contribution in [2.75, 3.05) is 13.7 Å². The van der Waals surface area contributed by atoms with Gasteiger partial charge in [0, 0.05) is 0 Å². The fourth-order valence-corrected chi connectivity index (χ4v) is 2.97. The Hall–Kier alpha value is -2.63. The monoisotopic (exact) mass is 459 g/mol. The van der Waals surface area contributed by atoms with Crippen molar-refractivity contribution in [2.45, 2.75) is 6.92 Å². The molecule has 2 N–H and O–H groups in total. The molecule has 0 fully saturated rings. The van der Waals surface area contributed by atoms with Crippen molar-refractivity contribution in [2.24, 2.45) is 0 Å². The minimum atomic E-state index is -1.06. The second-order valence-corrected chi connectivity index (χ2v) is 5.89. The lowest BCUT2D eigenvalue weighted by Crippen LogP contribution is -2.25. The van der Waals surface area contributed by atoms with E-state index in [4.69, 9.17) is 9.47 Å². The third-order valence-electron chi connectivity index (χ3n) is 3.11. The predicted molar refractivity (Wildman–Crippen MR) is 100 cm³/mol. The third kappa shape index (κ3) is 4.26. The highest BCUT2D eigenvalue weighted by Gasteiger charge is 2.19. The summed E-state index contributed by atoms with van der Waals surface area (Å²) < 4.78 is 11.6. The average molecular weight is 459 g/mol. The molecule has 0 spiro atoms. The van der Waals surface area contributed by atoms with Gasteiger partial charge in [0.1, 0.15) is 5.69 Å². The molecule has 25 heavy (non-hydrogen) atoms. The first-order valence-electron chi connectivity index (χ1n) is 7.06. The lowest BCUT2D eigenvalue weighted by Gasteiger charge is -2.12. The van der Waals surface area contributed by atoms with E-state index >= 15 is 0 Å². The topological polar surface area (TPSA) is 127 Å². The second kappa shape index (κ2) is 7.96. The van der Waals surface area contributed by atoms with Crippen LogP contribution in [0.3, 0.4) is 0 Å². The summed E-state index contributed by atoms with van der Waals surface area (Å²) in [5.74, 6) is 1.10. The van der Waals surface area contributed by atoms with Crippen molar-refractivity contribution in [3.63, 3.8) is 0 Å². The van der Waals surface area contributed by atoms with E-state index in [2.05, 4.69) is 27.6 Å². The van der Waals surface area contributed by atoms with Crippen molar-refractivity contribution < 1.29 is 14.4 Å². The molecule has 1 aromatic heterocycles. The summed E-state index contributed by atoms with van der Waals surface area (Å²) in [6.45, 7) is 2.27. The molecule has 0 saturated carbocycles. The van der Waals surface area contributed by atoms with Gasteiger partial charge < -0.3 is 14.5 Å². The molecule has 0 saturated heterocycles. The molecule has 1 aromatic carbocycles. The van der Waals surface area contributed by atoms with Crippen LogP contribution in [0.25, 0.3) is 12.2 Å². The van der Waals surface area contributed by atoms with Crippen molar-refractivity contribution in [3.8, 4) is 11.5 Å². The third-order valence-corrected chi connectivity index (χ3v) is 3.91. The number of halogens is 1. The Bertz CT molecular complexity index is 947. The number of hydrogen-bond acceptors (Lipinski definition) is 6. The number of nitrogens with one attached hydrogen (secondary N) is 2. The summed E-state index contributed by atoms with van der Waals surface area (Å²) in [6, 6.07) is 3.47. The summed E-state index contributed by atoms with van der Waals surface area (Å²) >= 11 is 2.07. The van der Waals surface area contributed by atoms with Gasteiger partial charge in [-0.05, 0) is 53.3 Å². The molecule has 9 nitrogen and oxygen atoms in total. The van der Waals surface area contributed by atoms with E-state index in [9.17, 15) is 19.7 Å². The van der Waals surface area contributed by atoms with Crippen LogP contribution in [0, 0.1) is 13.7 Å². The molecule has 0 amide bonds. The predicted octanol–water partition coefficient (Wildman–Crippen LogP) is 2.15. The average Bonchev–Trinajstić information content (AvgIpc) is 2.52. The van der Waals surface area contributed by atoms with Gasteiger partial charge in [0.15, 0.2) is 11.5 Å². The number of H-pyrrole nitrogens is 2. The van der Waals surface area contributed by atoms with E-state index in [-0.39, 0.29) is 5.69 Å². The van der Waals surface area contributed by atoms with Gasteiger partial charge in [-0.2, -0.15) is 0 Å². The molecule has 132 valence electrons. The summed E-state index contributed by atoms with van der Waals surface area (Å²) in [4.78, 5) is 37.2. The number of aromatic nitrogens is 2. The fourth-order valence-electron chi connectivity index (χ4n) is 2.12. The van der Waals surface area contributed by atoms with Gasteiger partial charge in [-0.1, -0.05) is 6.08 Å². The van der Waals surface area contributed by atoms with Gasteiger partial charge >= 0.3 is 16.9 Å². The number of rotatable bonds is 6. The Morgan fingerprint density at radius 1 is 1.28 bits per heavy atom. The first-order chi connectivity index (χ1) is 11.9. The largest absolute Gasteiger partial charge is 0.492 e. The van der Waals surface area contributed by atoms with Crippen LogP contribution in [0.4, 0.5) is 5.69 Å². The van der Waals surface area contributed by atoms with Crippen LogP contribution in [0.1, 0.15) is 18.2 Å². The highest BCUT2D eigenvalue weighted by molar-refractivity contribution is 14.1. The molecule has 0 aliphatic rings. The zero-order valence-electron chi connectivity index (χ0n) is 13.3. The number of methoxy groups -OCH3 is 1. The Kier molecular flexibility index (Phi) is 5.96. The van der Waals surface area contributed by atoms with Crippen LogP contribution in [0.2, 0.25) is 0 Å². The van der Waals surface area contributed by atoms with Gasteiger partial charge in [0.05, 0.1) is 22.2 Å². The normalized spacial score (nSPS) is 10.8. The molecule has 0 aliphatic carbocycles. The number of ether oxygens (including phenoxy) is 2. The smallest absolute Gasteiger partial charge is 0.357 e. The van der Waals surface area contributed by atoms with E-state index in [1.54, 1.807) is 12.1 Å². The van der Waals surface area contributed by atoms with Crippen molar-refractivity contribution in [1.29, 1.82) is 0 Å². The number of aromatic amines is 2. The minimum absolute atomic E-state index is 0.192. The molecule has 0 unspecified atom stereocenters. The van der Waals surface area contributed by atoms with E-state index in [1.807, 2.05) is 11.9 Å². The van der Waals surface area contributed by atoms with E-state index in [0.717, 1.165) is 3.57 Å². The summed E-state index contributed by atoms with van der Waals surface area (Å²) in [5, 5.41) is 11.0. The Morgan fingerprint density at radius 3 is 2.60 bits per heavy atom. The molecule has 1 heterocycles. The first-order valence-corrected chi connectivity index (χ1v) is 8.14. The highest BCUT2D eigenvalue weighted by atomic mass is 127. The lowest BCUT2D eigenvalue weighted by atomic mass is 10.1. The van der Waals surface area contributed by atoms with Crippen LogP contribution >= 0.6 is 22.6 Å². The zero-order chi connectivity index (χ0) is 18.6. The van der Waals surface area contributed by atoms with Gasteiger partial charge in [0.2, 0.25) is 0 Å². The number of benzene rings is 1. The molecular weight excluding hydrogens is 445 g/mol. The molecule has 2 rings (SSSR count). The zero-order valence-corrected chi connectivity index (χ0v) is 15.4. The van der Waals surface area contributed by atoms with Crippen molar-refractivity contribution in [3.05, 3.63) is 57.9 Å². The van der Waals surface area contributed by atoms with Gasteiger partial charge in [-0.3, -0.25) is 19.9 Å². The van der Waals surface area contributed by atoms with Crippen LogP contribution in [-0.4, -0.2) is 28.6 Å². The minimum Gasteiger partial charge on any atom is -0.492 e. The second-order valence-electron chi connectivity index (χ2n) is 4.73. The standard InChI is InChI=1S/C15H14IN3O6/c1-3-25-11-7-8(6-9(16)13(11)24-2)4-5-10-12(19(22)23)14(20)18-15(21)17-10/h4-7H,3H2,1-2H3,(H2,17,18,20,21)/b5-4-. The summed E-state index contributed by atoms with van der Waals surface area (Å²) in [6.07, 6.45) is 2.82. The van der Waals surface area contributed by atoms with Crippen LogP contribution in [-0.2, 0) is 0 Å². The maximum atomic E-state index is 11.6. The van der Waals surface area contributed by atoms with E-state index in [0.29, 0.717) is 23.7 Å². The number of nitrogens with zero attached hydrogens (tertiary/aromatic N) is 1. The van der Waals surface area contributed by atoms with Crippen LogP contribution in [0.15, 0.2) is 21.7 Å². The molecule has 0 atom stereocenters. The molecule has 0 aliphatic heterocycles. The Balaban J connectivity index is 2.52. The molecule has 2 aromatic rings. The maximum absolute atomic E-state index is 11.6. The van der Waals surface area contributed by atoms with Crippen LogP contribution < -0.4 is 20.7 Å². The molecular formula is C15H14IN3O6. The van der Waals surface area contributed by atoms with Gasteiger partial charge in [-0.25, -0.2) is 4.79 Å². The Labute approximate surface area is 155 Å². The maximum Gasteiger partial charge on any atom is 0.357 e. The van der Waals surface area contributed by atoms with E-state index in [1.165, 1.54) is 19.3 Å². The Morgan fingerprint density at radius 2 is 2.00 bits per heavy atom. The van der Waals surface area contributed by atoms with Gasteiger partial charge in [0.25, 0.3) is 0 Å². The highest BCUT2D eigenvalue weighted by Crippen LogP contribution is 2.34. The molecule has 0 bridgehead atoms. The fraction of sp³-hybridized carbons (Fsp3) is 0.200. The van der Waals surface area contributed by atoms with Crippen molar-refractivity contribution >= 4 is 40.4 Å². The summed E-state index contributed by atoms with van der Waals surface area (Å²) in [5.41, 5.74) is -2.15. The number of hydrogen-bond donors (Lipinski definition) is 2. The first kappa shape index (κ1) is 18.7. The van der Waals surface area contributed by atoms with E-state index < -0.39 is 21.9 Å². The van der Waals surface area contributed by atoms with Gasteiger partial charge in [-0.15, -0.1) is 0 Å².